The van der Waals surface area contributed by atoms with Gasteiger partial charge in [-0.3, -0.25) is 4.79 Å². The largest absolute Gasteiger partial charge is 0.383 e. The van der Waals surface area contributed by atoms with Crippen molar-refractivity contribution in [2.24, 2.45) is 5.73 Å². The summed E-state index contributed by atoms with van der Waals surface area (Å²) in [5.74, 6) is -0.0201. The quantitative estimate of drug-likeness (QED) is 0.661. The van der Waals surface area contributed by atoms with Crippen LogP contribution in [0, 0.1) is 0 Å². The van der Waals surface area contributed by atoms with E-state index in [0.717, 1.165) is 19.5 Å². The van der Waals surface area contributed by atoms with E-state index in [-0.39, 0.29) is 5.91 Å². The Morgan fingerprint density at radius 2 is 1.82 bits per heavy atom. The molecule has 5 nitrogen and oxygen atoms in total. The molecule has 0 atom stereocenters. The normalized spacial score (nSPS) is 11.9. The van der Waals surface area contributed by atoms with Crippen molar-refractivity contribution in [3.05, 3.63) is 0 Å². The highest BCUT2D eigenvalue weighted by Gasteiger charge is 2.27. The first-order valence-corrected chi connectivity index (χ1v) is 6.01. The van der Waals surface area contributed by atoms with Gasteiger partial charge in [0.25, 0.3) is 0 Å². The van der Waals surface area contributed by atoms with E-state index in [1.807, 2.05) is 14.1 Å². The average molecular weight is 245 g/mol. The third-order valence-electron chi connectivity index (χ3n) is 2.44. The van der Waals surface area contributed by atoms with Crippen molar-refractivity contribution in [2.75, 3.05) is 47.4 Å². The summed E-state index contributed by atoms with van der Waals surface area (Å²) in [5.41, 5.74) is 5.03. The molecule has 0 saturated carbocycles. The number of hydrogen-bond donors (Lipinski definition) is 1. The van der Waals surface area contributed by atoms with E-state index in [1.165, 1.54) is 0 Å². The van der Waals surface area contributed by atoms with Gasteiger partial charge in [-0.05, 0) is 40.9 Å². The van der Waals surface area contributed by atoms with Crippen molar-refractivity contribution in [2.45, 2.75) is 25.8 Å². The van der Waals surface area contributed by atoms with Crippen molar-refractivity contribution in [3.63, 3.8) is 0 Å². The van der Waals surface area contributed by atoms with Gasteiger partial charge in [-0.2, -0.15) is 0 Å². The average Bonchev–Trinajstić information content (AvgIpc) is 2.20. The van der Waals surface area contributed by atoms with Crippen LogP contribution in [0.1, 0.15) is 20.3 Å². The van der Waals surface area contributed by atoms with Gasteiger partial charge >= 0.3 is 0 Å². The molecule has 0 fully saturated rings. The summed E-state index contributed by atoms with van der Waals surface area (Å²) < 4.78 is 5.02. The number of amides is 1. The van der Waals surface area contributed by atoms with Gasteiger partial charge in [-0.1, -0.05) is 0 Å². The molecule has 1 amide bonds. The number of nitrogens with zero attached hydrogens (tertiary/aromatic N) is 2. The molecule has 0 saturated heterocycles. The van der Waals surface area contributed by atoms with E-state index < -0.39 is 5.54 Å². The van der Waals surface area contributed by atoms with Gasteiger partial charge in [-0.25, -0.2) is 0 Å². The van der Waals surface area contributed by atoms with Gasteiger partial charge in [0.2, 0.25) is 5.91 Å². The fraction of sp³-hybridized carbons (Fsp3) is 0.917. The number of nitrogens with two attached hydrogens (primary N) is 1. The summed E-state index contributed by atoms with van der Waals surface area (Å²) >= 11 is 0. The number of carbonyl (C=O) groups is 1. The summed E-state index contributed by atoms with van der Waals surface area (Å²) in [6, 6.07) is 0. The lowest BCUT2D eigenvalue weighted by atomic mass is 10.1. The van der Waals surface area contributed by atoms with Gasteiger partial charge in [0, 0.05) is 20.2 Å². The number of rotatable bonds is 8. The minimum Gasteiger partial charge on any atom is -0.383 e. The third kappa shape index (κ3) is 7.31. The molecule has 17 heavy (non-hydrogen) atoms. The minimum absolute atomic E-state index is 0.0201. The summed E-state index contributed by atoms with van der Waals surface area (Å²) in [7, 11) is 5.68. The molecule has 0 aliphatic heterocycles. The van der Waals surface area contributed by atoms with Gasteiger partial charge in [0.15, 0.2) is 0 Å². The summed E-state index contributed by atoms with van der Waals surface area (Å²) in [6.45, 7) is 6.30. The van der Waals surface area contributed by atoms with Crippen LogP contribution in [0.15, 0.2) is 0 Å². The lowest BCUT2D eigenvalue weighted by Crippen LogP contribution is -2.52. The molecule has 0 spiro atoms. The number of methoxy groups -OCH3 is 1. The molecular weight excluding hydrogens is 218 g/mol. The molecule has 0 aromatic carbocycles. The summed E-state index contributed by atoms with van der Waals surface area (Å²) in [4.78, 5) is 16.0. The lowest BCUT2D eigenvalue weighted by Gasteiger charge is -2.29. The summed E-state index contributed by atoms with van der Waals surface area (Å²) in [5, 5.41) is 0. The SMILES string of the molecule is COCCN(CCCN(C)C)C(=O)C(C)(C)N. The zero-order chi connectivity index (χ0) is 13.5. The molecule has 5 heteroatoms. The van der Waals surface area contributed by atoms with E-state index in [1.54, 1.807) is 25.9 Å². The van der Waals surface area contributed by atoms with Crippen LogP contribution in [0.5, 0.6) is 0 Å². The zero-order valence-corrected chi connectivity index (χ0v) is 11.8. The minimum atomic E-state index is -0.814. The van der Waals surface area contributed by atoms with Gasteiger partial charge in [0.05, 0.1) is 12.1 Å². The lowest BCUT2D eigenvalue weighted by molar-refractivity contribution is -0.136. The molecule has 0 heterocycles. The fourth-order valence-corrected chi connectivity index (χ4v) is 1.50. The Hall–Kier alpha value is -0.650. The number of ether oxygens (including phenoxy) is 1. The second-order valence-corrected chi connectivity index (χ2v) is 5.16. The van der Waals surface area contributed by atoms with Gasteiger partial charge in [-0.15, -0.1) is 0 Å². The van der Waals surface area contributed by atoms with E-state index in [4.69, 9.17) is 10.5 Å². The highest BCUT2D eigenvalue weighted by molar-refractivity contribution is 5.85. The summed E-state index contributed by atoms with van der Waals surface area (Å²) in [6.07, 6.45) is 0.943. The second-order valence-electron chi connectivity index (χ2n) is 5.16. The van der Waals surface area contributed by atoms with E-state index in [9.17, 15) is 4.79 Å². The molecule has 0 aliphatic rings. The van der Waals surface area contributed by atoms with E-state index >= 15 is 0 Å². The maximum absolute atomic E-state index is 12.1. The molecule has 0 unspecified atom stereocenters. The van der Waals surface area contributed by atoms with Crippen molar-refractivity contribution in [3.8, 4) is 0 Å². The Morgan fingerprint density at radius 3 is 2.24 bits per heavy atom. The Morgan fingerprint density at radius 1 is 1.24 bits per heavy atom. The van der Waals surface area contributed by atoms with Gasteiger partial charge in [0.1, 0.15) is 0 Å². The third-order valence-corrected chi connectivity index (χ3v) is 2.44. The molecule has 0 aliphatic carbocycles. The molecule has 102 valence electrons. The van der Waals surface area contributed by atoms with Crippen molar-refractivity contribution in [1.29, 1.82) is 0 Å². The van der Waals surface area contributed by atoms with Crippen LogP contribution in [0.3, 0.4) is 0 Å². The van der Waals surface area contributed by atoms with Crippen molar-refractivity contribution in [1.82, 2.24) is 9.80 Å². The number of carbonyl (C=O) groups excluding carboxylic acids is 1. The molecule has 0 bridgehead atoms. The molecule has 0 rings (SSSR count). The topological polar surface area (TPSA) is 58.8 Å². The Kier molecular flexibility index (Phi) is 7.34. The molecule has 2 N–H and O–H groups in total. The smallest absolute Gasteiger partial charge is 0.242 e. The Labute approximate surface area is 105 Å². The zero-order valence-electron chi connectivity index (χ0n) is 11.8. The maximum Gasteiger partial charge on any atom is 0.242 e. The predicted octanol–water partition coefficient (Wildman–Crippen LogP) is 0.150. The highest BCUT2D eigenvalue weighted by Crippen LogP contribution is 2.05. The van der Waals surface area contributed by atoms with Crippen molar-refractivity contribution < 1.29 is 9.53 Å². The molecular formula is C12H27N3O2. The first-order chi connectivity index (χ1) is 7.79. The standard InChI is InChI=1S/C12H27N3O2/c1-12(2,13)11(16)15(9-10-17-5)8-6-7-14(3)4/h6-10,13H2,1-5H3. The fourth-order valence-electron chi connectivity index (χ4n) is 1.50. The highest BCUT2D eigenvalue weighted by atomic mass is 16.5. The van der Waals surface area contributed by atoms with Crippen molar-refractivity contribution >= 4 is 5.91 Å². The second kappa shape index (κ2) is 7.63. The first-order valence-electron chi connectivity index (χ1n) is 6.01. The molecule has 0 aromatic rings. The van der Waals surface area contributed by atoms with Crippen LogP contribution in [-0.2, 0) is 9.53 Å². The van der Waals surface area contributed by atoms with Crippen LogP contribution in [0.2, 0.25) is 0 Å². The molecule has 0 radical (unpaired) electrons. The monoisotopic (exact) mass is 245 g/mol. The van der Waals surface area contributed by atoms with Crippen LogP contribution in [0.25, 0.3) is 0 Å². The van der Waals surface area contributed by atoms with Gasteiger partial charge < -0.3 is 20.3 Å². The van der Waals surface area contributed by atoms with E-state index in [0.29, 0.717) is 13.2 Å². The van der Waals surface area contributed by atoms with Crippen LogP contribution < -0.4 is 5.73 Å². The van der Waals surface area contributed by atoms with Crippen LogP contribution >= 0.6 is 0 Å². The van der Waals surface area contributed by atoms with Crippen LogP contribution in [-0.4, -0.2) is 68.7 Å². The first kappa shape index (κ1) is 16.4. The molecule has 0 aromatic heterocycles. The maximum atomic E-state index is 12.1. The predicted molar refractivity (Wildman–Crippen MR) is 69.9 cm³/mol. The van der Waals surface area contributed by atoms with E-state index in [2.05, 4.69) is 4.90 Å². The Balaban J connectivity index is 4.28. The number of hydrogen-bond acceptors (Lipinski definition) is 4. The van der Waals surface area contributed by atoms with Crippen LogP contribution in [0.4, 0.5) is 0 Å². The Bertz CT molecular complexity index is 224.